The summed E-state index contributed by atoms with van der Waals surface area (Å²) >= 11 is 5.22. The van der Waals surface area contributed by atoms with E-state index >= 15 is 0 Å². The van der Waals surface area contributed by atoms with E-state index in [4.69, 9.17) is 18.9 Å². The topological polar surface area (TPSA) is 171 Å². The Morgan fingerprint density at radius 2 is 1.31 bits per heavy atom. The first-order valence-electron chi connectivity index (χ1n) is 15.9. The van der Waals surface area contributed by atoms with Gasteiger partial charge in [0.15, 0.2) is 27.7 Å². The summed E-state index contributed by atoms with van der Waals surface area (Å²) in [5.41, 5.74) is 0.773. The first-order chi connectivity index (χ1) is 22.9. The number of nitrogens with zero attached hydrogens (tertiary/aromatic N) is 6. The summed E-state index contributed by atoms with van der Waals surface area (Å²) in [4.78, 5) is 17.8. The lowest BCUT2D eigenvalue weighted by atomic mass is 10.1. The Morgan fingerprint density at radius 1 is 0.812 bits per heavy atom. The highest BCUT2D eigenvalue weighted by atomic mass is 127. The van der Waals surface area contributed by atoms with E-state index in [1.165, 1.54) is 23.5 Å². The number of nitrogens with one attached hydrogen (secondary N) is 2. The molecule has 17 heteroatoms. The van der Waals surface area contributed by atoms with E-state index < -0.39 is 11.6 Å². The molecule has 3 aromatic rings. The molecule has 0 spiro atoms. The zero-order chi connectivity index (χ0) is 34.2. The smallest absolute Gasteiger partial charge is 0.189 e. The van der Waals surface area contributed by atoms with Crippen LogP contribution in [0.4, 0.5) is 11.6 Å². The number of fused-ring (bicyclic) bond motifs is 2. The van der Waals surface area contributed by atoms with Gasteiger partial charge in [0.25, 0.3) is 0 Å². The van der Waals surface area contributed by atoms with Crippen molar-refractivity contribution in [2.24, 2.45) is 11.8 Å². The van der Waals surface area contributed by atoms with Crippen LogP contribution in [-0.2, 0) is 18.9 Å². The molecule has 4 aliphatic rings. The van der Waals surface area contributed by atoms with Crippen molar-refractivity contribution in [2.75, 3.05) is 36.4 Å². The molecule has 262 valence electrons. The van der Waals surface area contributed by atoms with Crippen LogP contribution >= 0.6 is 46.1 Å². The predicted molar refractivity (Wildman–Crippen MR) is 190 cm³/mol. The second-order valence-corrected chi connectivity index (χ2v) is 15.8. The van der Waals surface area contributed by atoms with Crippen LogP contribution in [0.25, 0.3) is 5.69 Å². The lowest BCUT2D eigenvalue weighted by Gasteiger charge is -2.24. The molecule has 2 saturated carbocycles. The first kappa shape index (κ1) is 36.0. The standard InChI is InChI=1S/C17H23N5O3S.C14H20IN3O3S/c1-17(2)24-13-10(9-23)7-11(14(13)25-17)20-15-12(22-6-4-5-19-22)8-18-16(21-15)26-3;1-14(2)20-10-7(6-19)4-9(11(10)21-14)17-12-8(15)5-16-13(18-12)22-3/h4-6,8,10-11,13-14,23H,7,9H2,1-3H3,(H,18,20,21);5,7,9-11,19H,4,6H2,1-3H3,(H,16,17,18)/t10-,11-,13-,14+;7-,9-,10-,11+/m11/s1. The summed E-state index contributed by atoms with van der Waals surface area (Å²) in [7, 11) is 0. The fraction of sp³-hybridized carbons (Fsp3) is 0.645. The van der Waals surface area contributed by atoms with Gasteiger partial charge in [0.05, 0.1) is 34.1 Å². The Kier molecular flexibility index (Phi) is 11.1. The predicted octanol–water partition coefficient (Wildman–Crippen LogP) is 3.81. The number of aromatic nitrogens is 6. The van der Waals surface area contributed by atoms with Crippen LogP contribution in [-0.4, -0.2) is 114 Å². The van der Waals surface area contributed by atoms with Crippen LogP contribution in [0.2, 0.25) is 0 Å². The first-order valence-corrected chi connectivity index (χ1v) is 19.4. The van der Waals surface area contributed by atoms with Crippen molar-refractivity contribution in [3.05, 3.63) is 34.4 Å². The molecule has 0 bridgehead atoms. The molecule has 0 amide bonds. The van der Waals surface area contributed by atoms with Gasteiger partial charge in [0, 0.05) is 43.6 Å². The number of ether oxygens (including phenoxy) is 4. The van der Waals surface area contributed by atoms with Crippen LogP contribution in [0.5, 0.6) is 0 Å². The fourth-order valence-corrected chi connectivity index (χ4v) is 7.96. The fourth-order valence-electron chi connectivity index (χ4n) is 6.86. The van der Waals surface area contributed by atoms with Crippen molar-refractivity contribution in [3.8, 4) is 5.69 Å². The Morgan fingerprint density at radius 3 is 1.81 bits per heavy atom. The maximum atomic E-state index is 9.75. The number of anilines is 2. The van der Waals surface area contributed by atoms with Gasteiger partial charge in [-0.2, -0.15) is 5.10 Å². The van der Waals surface area contributed by atoms with Gasteiger partial charge in [-0.1, -0.05) is 23.5 Å². The molecule has 14 nitrogen and oxygen atoms in total. The Balaban J connectivity index is 0.000000170. The number of aliphatic hydroxyl groups excluding tert-OH is 2. The van der Waals surface area contributed by atoms with E-state index in [-0.39, 0.29) is 61.5 Å². The average molecular weight is 815 g/mol. The number of hydrogen-bond donors (Lipinski definition) is 4. The number of hydrogen-bond acceptors (Lipinski definition) is 15. The molecule has 7 rings (SSSR count). The van der Waals surface area contributed by atoms with Gasteiger partial charge in [0.1, 0.15) is 23.7 Å². The molecule has 48 heavy (non-hydrogen) atoms. The number of thioether (sulfide) groups is 2. The summed E-state index contributed by atoms with van der Waals surface area (Å²) in [5, 5.41) is 32.0. The van der Waals surface area contributed by atoms with E-state index in [1.807, 2.05) is 58.7 Å². The minimum absolute atomic E-state index is 0.0159. The van der Waals surface area contributed by atoms with E-state index in [0.29, 0.717) is 11.0 Å². The molecule has 2 aliphatic heterocycles. The molecule has 4 N–H and O–H groups in total. The lowest BCUT2D eigenvalue weighted by Crippen LogP contribution is -2.35. The molecule has 4 fully saturated rings. The highest BCUT2D eigenvalue weighted by molar-refractivity contribution is 14.1. The Labute approximate surface area is 302 Å². The Bertz CT molecular complexity index is 1560. The van der Waals surface area contributed by atoms with Crippen molar-refractivity contribution in [2.45, 2.75) is 98.9 Å². The van der Waals surface area contributed by atoms with Crippen LogP contribution in [0.15, 0.2) is 41.2 Å². The molecule has 0 radical (unpaired) electrons. The summed E-state index contributed by atoms with van der Waals surface area (Å²) in [5.74, 6) is 0.383. The van der Waals surface area contributed by atoms with Gasteiger partial charge >= 0.3 is 0 Å². The van der Waals surface area contributed by atoms with Crippen molar-refractivity contribution in [1.29, 1.82) is 0 Å². The van der Waals surface area contributed by atoms with Gasteiger partial charge in [-0.25, -0.2) is 24.6 Å². The quantitative estimate of drug-likeness (QED) is 0.140. The molecule has 3 aromatic heterocycles. The minimum atomic E-state index is -0.649. The molecule has 5 heterocycles. The van der Waals surface area contributed by atoms with Gasteiger partial charge in [-0.3, -0.25) is 0 Å². The second kappa shape index (κ2) is 14.8. The SMILES string of the molecule is CSc1ncc(-n2cccn2)c(N[C@@H]2C[C@H](CO)[C@H]3OC(C)(C)O[C@H]32)n1.CSc1ncc(I)c(N[C@@H]2C[C@H](CO)[C@H]3OC(C)(C)O[C@H]32)n1. The summed E-state index contributed by atoms with van der Waals surface area (Å²) in [6.07, 6.45) is 12.2. The monoisotopic (exact) mass is 814 g/mol. The van der Waals surface area contributed by atoms with Crippen molar-refractivity contribution < 1.29 is 29.2 Å². The van der Waals surface area contributed by atoms with E-state index in [9.17, 15) is 10.2 Å². The summed E-state index contributed by atoms with van der Waals surface area (Å²) in [6.45, 7) is 7.82. The van der Waals surface area contributed by atoms with Crippen LogP contribution in [0.3, 0.4) is 0 Å². The Hall–Kier alpha value is -1.84. The zero-order valence-corrected chi connectivity index (χ0v) is 31.5. The van der Waals surface area contributed by atoms with Gasteiger partial charge in [-0.05, 0) is 81.7 Å². The largest absolute Gasteiger partial charge is 0.396 e. The lowest BCUT2D eigenvalue weighted by molar-refractivity contribution is -0.159. The number of halogens is 1. The van der Waals surface area contributed by atoms with Crippen molar-refractivity contribution in [3.63, 3.8) is 0 Å². The van der Waals surface area contributed by atoms with E-state index in [2.05, 4.69) is 58.3 Å². The third kappa shape index (κ3) is 7.73. The van der Waals surface area contributed by atoms with Crippen LogP contribution in [0, 0.1) is 15.4 Å². The molecule has 8 atom stereocenters. The molecule has 2 aliphatic carbocycles. The highest BCUT2D eigenvalue weighted by Gasteiger charge is 2.55. The molecule has 0 aromatic carbocycles. The third-order valence-electron chi connectivity index (χ3n) is 8.86. The molecular weight excluding hydrogens is 771 g/mol. The maximum Gasteiger partial charge on any atom is 0.189 e. The third-order valence-corrected chi connectivity index (χ3v) is 10.8. The van der Waals surface area contributed by atoms with Gasteiger partial charge < -0.3 is 39.8 Å². The van der Waals surface area contributed by atoms with E-state index in [0.717, 1.165) is 33.1 Å². The summed E-state index contributed by atoms with van der Waals surface area (Å²) < 4.78 is 26.8. The van der Waals surface area contributed by atoms with E-state index in [1.54, 1.807) is 17.1 Å². The minimum Gasteiger partial charge on any atom is -0.396 e. The zero-order valence-electron chi connectivity index (χ0n) is 27.7. The second-order valence-electron chi connectivity index (χ2n) is 13.1. The van der Waals surface area contributed by atoms with Crippen molar-refractivity contribution >= 4 is 57.8 Å². The van der Waals surface area contributed by atoms with Gasteiger partial charge in [-0.15, -0.1) is 0 Å². The van der Waals surface area contributed by atoms with Crippen LogP contribution < -0.4 is 10.6 Å². The highest BCUT2D eigenvalue weighted by Crippen LogP contribution is 2.44. The maximum absolute atomic E-state index is 9.75. The van der Waals surface area contributed by atoms with Crippen molar-refractivity contribution in [1.82, 2.24) is 29.7 Å². The van der Waals surface area contributed by atoms with Crippen LogP contribution in [0.1, 0.15) is 40.5 Å². The molecular formula is C31H43IN8O6S2. The molecule has 0 unspecified atom stereocenters. The van der Waals surface area contributed by atoms with Gasteiger partial charge in [0.2, 0.25) is 0 Å². The number of aliphatic hydroxyl groups is 2. The molecule has 2 saturated heterocycles. The average Bonchev–Trinajstić information content (AvgIpc) is 3.87. The normalized spacial score (nSPS) is 31.2. The summed E-state index contributed by atoms with van der Waals surface area (Å²) in [6, 6.07) is 1.91. The number of rotatable bonds is 9.